The van der Waals surface area contributed by atoms with Crippen LogP contribution >= 0.6 is 23.2 Å². The maximum atomic E-state index is 12.7. The fraction of sp³-hybridized carbons (Fsp3) is 0.500. The highest BCUT2D eigenvalue weighted by Gasteiger charge is 2.32. The molecular weight excluding hydrogens is 375 g/mol. The van der Waals surface area contributed by atoms with Gasteiger partial charge in [-0.25, -0.2) is 0 Å². The van der Waals surface area contributed by atoms with Gasteiger partial charge < -0.3 is 9.84 Å². The van der Waals surface area contributed by atoms with Gasteiger partial charge in [-0.2, -0.15) is 4.98 Å². The molecule has 1 saturated heterocycles. The number of nitrogens with zero attached hydrogens (tertiary/aromatic N) is 3. The fourth-order valence-electron chi connectivity index (χ4n) is 3.14. The summed E-state index contributed by atoms with van der Waals surface area (Å²) in [5.74, 6) is 1.65. The third-order valence-electron chi connectivity index (χ3n) is 4.24. The van der Waals surface area contributed by atoms with Crippen LogP contribution in [0, 0.1) is 5.92 Å². The molecule has 1 unspecified atom stereocenters. The highest BCUT2D eigenvalue weighted by Crippen LogP contribution is 2.25. The lowest BCUT2D eigenvalue weighted by Gasteiger charge is -2.22. The van der Waals surface area contributed by atoms with E-state index in [4.69, 9.17) is 27.7 Å². The molecule has 2 heterocycles. The molecule has 6 nitrogen and oxygen atoms in total. The van der Waals surface area contributed by atoms with Gasteiger partial charge in [-0.15, -0.1) is 0 Å². The third kappa shape index (κ3) is 4.96. The van der Waals surface area contributed by atoms with Crippen molar-refractivity contribution in [3.63, 3.8) is 0 Å². The molecule has 1 aromatic carbocycles. The summed E-state index contributed by atoms with van der Waals surface area (Å²) in [6.07, 6.45) is 2.51. The van der Waals surface area contributed by atoms with Gasteiger partial charge in [0.25, 0.3) is 0 Å². The molecule has 0 bridgehead atoms. The lowest BCUT2D eigenvalue weighted by atomic mass is 10.1. The average molecular weight is 397 g/mol. The number of rotatable bonds is 6. The number of benzene rings is 1. The van der Waals surface area contributed by atoms with Gasteiger partial charge in [0.2, 0.25) is 11.8 Å². The maximum Gasteiger partial charge on any atom is 0.241 e. The van der Waals surface area contributed by atoms with Crippen LogP contribution in [-0.2, 0) is 17.8 Å². The second-order valence-electron chi connectivity index (χ2n) is 6.98. The normalized spacial score (nSPS) is 17.8. The minimum absolute atomic E-state index is 0.0808. The lowest BCUT2D eigenvalue weighted by molar-refractivity contribution is -0.120. The van der Waals surface area contributed by atoms with Crippen LogP contribution in [0.4, 0.5) is 5.69 Å². The van der Waals surface area contributed by atoms with Crippen molar-refractivity contribution in [2.75, 3.05) is 11.9 Å². The summed E-state index contributed by atoms with van der Waals surface area (Å²) in [4.78, 5) is 19.2. The number of amides is 1. The number of anilines is 1. The van der Waals surface area contributed by atoms with E-state index in [2.05, 4.69) is 34.2 Å². The van der Waals surface area contributed by atoms with Gasteiger partial charge in [0.15, 0.2) is 5.82 Å². The van der Waals surface area contributed by atoms with Gasteiger partial charge in [0.1, 0.15) is 0 Å². The molecule has 1 atom stereocenters. The van der Waals surface area contributed by atoms with Gasteiger partial charge in [0, 0.05) is 22.2 Å². The Balaban J connectivity index is 1.63. The molecule has 1 aliphatic heterocycles. The largest absolute Gasteiger partial charge is 0.338 e. The Hall–Kier alpha value is -1.63. The number of likely N-dealkylation sites (tertiary alicyclic amines) is 1. The van der Waals surface area contributed by atoms with Crippen molar-refractivity contribution in [1.29, 1.82) is 0 Å². The topological polar surface area (TPSA) is 71.3 Å². The van der Waals surface area contributed by atoms with Crippen LogP contribution in [0.2, 0.25) is 10.0 Å². The minimum Gasteiger partial charge on any atom is -0.338 e. The number of nitrogens with one attached hydrogen (secondary N) is 1. The summed E-state index contributed by atoms with van der Waals surface area (Å²) in [5.41, 5.74) is 0.594. The lowest BCUT2D eigenvalue weighted by Crippen LogP contribution is -2.39. The number of hydrogen-bond acceptors (Lipinski definition) is 5. The summed E-state index contributed by atoms with van der Waals surface area (Å²) in [6.45, 7) is 5.51. The van der Waals surface area contributed by atoms with E-state index in [0.717, 1.165) is 25.8 Å². The van der Waals surface area contributed by atoms with Crippen LogP contribution in [0.15, 0.2) is 22.7 Å². The quantitative estimate of drug-likeness (QED) is 0.792. The maximum absolute atomic E-state index is 12.7. The second-order valence-corrected chi connectivity index (χ2v) is 7.85. The first-order chi connectivity index (χ1) is 12.4. The van der Waals surface area contributed by atoms with E-state index in [1.807, 2.05) is 0 Å². The van der Waals surface area contributed by atoms with E-state index in [9.17, 15) is 4.79 Å². The Labute approximate surface area is 162 Å². The van der Waals surface area contributed by atoms with Gasteiger partial charge in [-0.3, -0.25) is 9.69 Å². The van der Waals surface area contributed by atoms with E-state index >= 15 is 0 Å². The summed E-state index contributed by atoms with van der Waals surface area (Å²) in [5, 5.41) is 7.88. The van der Waals surface area contributed by atoms with E-state index < -0.39 is 0 Å². The molecule has 0 spiro atoms. The van der Waals surface area contributed by atoms with Crippen molar-refractivity contribution < 1.29 is 9.32 Å². The van der Waals surface area contributed by atoms with Crippen molar-refractivity contribution in [2.45, 2.75) is 45.7 Å². The second kappa shape index (κ2) is 8.37. The number of carbonyl (C=O) groups excluding carboxylic acids is 1. The van der Waals surface area contributed by atoms with Gasteiger partial charge in [0.05, 0.1) is 12.6 Å². The first-order valence-corrected chi connectivity index (χ1v) is 9.49. The van der Waals surface area contributed by atoms with Crippen molar-refractivity contribution in [3.05, 3.63) is 40.0 Å². The SMILES string of the molecule is CC(C)Cc1noc(CN2CCCC2C(=O)Nc2cc(Cl)cc(Cl)c2)n1. The monoisotopic (exact) mass is 396 g/mol. The van der Waals surface area contributed by atoms with E-state index in [0.29, 0.717) is 39.9 Å². The molecule has 2 aromatic rings. The first kappa shape index (κ1) is 19.1. The standard InChI is InChI=1S/C18H22Cl2N4O2/c1-11(2)6-16-22-17(26-23-16)10-24-5-3-4-15(24)18(25)21-14-8-12(19)7-13(20)9-14/h7-9,11,15H,3-6,10H2,1-2H3,(H,21,25). The molecule has 0 radical (unpaired) electrons. The predicted molar refractivity (Wildman–Crippen MR) is 101 cm³/mol. The number of hydrogen-bond donors (Lipinski definition) is 1. The Morgan fingerprint density at radius 2 is 2.08 bits per heavy atom. The van der Waals surface area contributed by atoms with Crippen molar-refractivity contribution in [1.82, 2.24) is 15.0 Å². The summed E-state index contributed by atoms with van der Waals surface area (Å²) < 4.78 is 5.34. The third-order valence-corrected chi connectivity index (χ3v) is 4.67. The molecule has 0 aliphatic carbocycles. The van der Waals surface area contributed by atoms with Crippen LogP contribution in [0.5, 0.6) is 0 Å². The Bertz CT molecular complexity index is 758. The zero-order chi connectivity index (χ0) is 18.7. The van der Waals surface area contributed by atoms with E-state index in [-0.39, 0.29) is 11.9 Å². The first-order valence-electron chi connectivity index (χ1n) is 8.73. The molecular formula is C18H22Cl2N4O2. The van der Waals surface area contributed by atoms with Crippen LogP contribution in [0.25, 0.3) is 0 Å². The number of aromatic nitrogens is 2. The molecule has 1 aromatic heterocycles. The molecule has 3 rings (SSSR count). The Kier molecular flexibility index (Phi) is 6.16. The highest BCUT2D eigenvalue weighted by molar-refractivity contribution is 6.35. The van der Waals surface area contributed by atoms with E-state index in [1.165, 1.54) is 0 Å². The molecule has 1 N–H and O–H groups in total. The van der Waals surface area contributed by atoms with Crippen molar-refractivity contribution >= 4 is 34.8 Å². The molecule has 0 saturated carbocycles. The predicted octanol–water partition coefficient (Wildman–Crippen LogP) is 4.18. The van der Waals surface area contributed by atoms with Crippen LogP contribution in [0.3, 0.4) is 0 Å². The van der Waals surface area contributed by atoms with Crippen LogP contribution in [-0.4, -0.2) is 33.5 Å². The molecule has 1 amide bonds. The average Bonchev–Trinajstić information content (AvgIpc) is 3.15. The molecule has 26 heavy (non-hydrogen) atoms. The molecule has 1 fully saturated rings. The van der Waals surface area contributed by atoms with Gasteiger partial charge >= 0.3 is 0 Å². The summed E-state index contributed by atoms with van der Waals surface area (Å²) in [7, 11) is 0. The smallest absolute Gasteiger partial charge is 0.241 e. The Morgan fingerprint density at radius 3 is 2.77 bits per heavy atom. The molecule has 140 valence electrons. The zero-order valence-corrected chi connectivity index (χ0v) is 16.3. The van der Waals surface area contributed by atoms with E-state index in [1.54, 1.807) is 18.2 Å². The zero-order valence-electron chi connectivity index (χ0n) is 14.8. The van der Waals surface area contributed by atoms with Crippen LogP contribution < -0.4 is 5.32 Å². The highest BCUT2D eigenvalue weighted by atomic mass is 35.5. The van der Waals surface area contributed by atoms with Crippen molar-refractivity contribution in [3.8, 4) is 0 Å². The fourth-order valence-corrected chi connectivity index (χ4v) is 3.67. The summed E-state index contributed by atoms with van der Waals surface area (Å²) >= 11 is 12.0. The van der Waals surface area contributed by atoms with Crippen LogP contribution in [0.1, 0.15) is 38.4 Å². The molecule has 1 aliphatic rings. The number of carbonyl (C=O) groups is 1. The number of halogens is 2. The molecule has 8 heteroatoms. The van der Waals surface area contributed by atoms with Crippen molar-refractivity contribution in [2.24, 2.45) is 5.92 Å². The Morgan fingerprint density at radius 1 is 1.35 bits per heavy atom. The van der Waals surface area contributed by atoms with Gasteiger partial charge in [-0.1, -0.05) is 42.2 Å². The minimum atomic E-state index is -0.242. The summed E-state index contributed by atoms with van der Waals surface area (Å²) in [6, 6.07) is 4.75. The van der Waals surface area contributed by atoms with Gasteiger partial charge in [-0.05, 0) is 43.5 Å².